The molecule has 4 nitrogen and oxygen atoms in total. The van der Waals surface area contributed by atoms with Crippen molar-refractivity contribution in [1.29, 1.82) is 0 Å². The smallest absolute Gasteiger partial charge is 0.158 e. The van der Waals surface area contributed by atoms with Crippen molar-refractivity contribution in [3.8, 4) is 0 Å². The summed E-state index contributed by atoms with van der Waals surface area (Å²) in [5.41, 5.74) is 4.89. The number of halogens is 2. The lowest BCUT2D eigenvalue weighted by molar-refractivity contribution is 0.184. The molecule has 0 aliphatic heterocycles. The number of nitrogens with zero attached hydrogens (tertiary/aromatic N) is 3. The Hall–Kier alpha value is -2.05. The Kier molecular flexibility index (Phi) is 5.58. The summed E-state index contributed by atoms with van der Waals surface area (Å²) in [4.78, 5) is 11.3. The van der Waals surface area contributed by atoms with E-state index in [0.29, 0.717) is 22.2 Å². The maximum atomic E-state index is 14.0. The van der Waals surface area contributed by atoms with Gasteiger partial charge in [-0.25, -0.2) is 14.4 Å². The molecule has 1 aromatic carbocycles. The molecule has 1 unspecified atom stereocenters. The molecule has 29 heavy (non-hydrogen) atoms. The minimum Gasteiger partial charge on any atom is -0.261 e. The van der Waals surface area contributed by atoms with Crippen LogP contribution in [0.1, 0.15) is 49.6 Å². The number of hydrogen-bond acceptors (Lipinski definition) is 5. The maximum absolute atomic E-state index is 14.0. The molecule has 1 N–H and O–H groups in total. The highest BCUT2D eigenvalue weighted by Gasteiger charge is 2.33. The van der Waals surface area contributed by atoms with E-state index in [4.69, 9.17) is 11.6 Å². The van der Waals surface area contributed by atoms with E-state index in [-0.39, 0.29) is 5.56 Å². The van der Waals surface area contributed by atoms with Crippen LogP contribution in [0, 0.1) is 17.2 Å². The molecule has 1 aliphatic rings. The van der Waals surface area contributed by atoms with E-state index in [2.05, 4.69) is 41.3 Å². The second-order valence-corrected chi connectivity index (χ2v) is 9.68. The molecule has 7 heteroatoms. The molecule has 0 saturated carbocycles. The second kappa shape index (κ2) is 8.00. The van der Waals surface area contributed by atoms with Gasteiger partial charge < -0.3 is 0 Å². The molecule has 0 fully saturated rings. The first-order valence-corrected chi connectivity index (χ1v) is 11.1. The van der Waals surface area contributed by atoms with E-state index >= 15 is 0 Å². The summed E-state index contributed by atoms with van der Waals surface area (Å²) in [6.07, 6.45) is 7.42. The molecule has 0 bridgehead atoms. The largest absolute Gasteiger partial charge is 0.261 e. The Bertz CT molecular complexity index is 1060. The van der Waals surface area contributed by atoms with Crippen LogP contribution < -0.4 is 5.43 Å². The van der Waals surface area contributed by atoms with Crippen molar-refractivity contribution < 1.29 is 4.39 Å². The van der Waals surface area contributed by atoms with Gasteiger partial charge in [0.1, 0.15) is 17.0 Å². The fourth-order valence-electron chi connectivity index (χ4n) is 3.94. The number of nitrogens with one attached hydrogen (secondary N) is 1. The van der Waals surface area contributed by atoms with Crippen LogP contribution in [0.4, 0.5) is 10.2 Å². The first kappa shape index (κ1) is 20.2. The number of rotatable bonds is 5. The fraction of sp³-hybridized carbons (Fsp3) is 0.409. The molecule has 1 aliphatic carbocycles. The lowest BCUT2D eigenvalue weighted by Crippen LogP contribution is -2.28. The summed E-state index contributed by atoms with van der Waals surface area (Å²) in [6.45, 7) is 6.98. The zero-order valence-corrected chi connectivity index (χ0v) is 18.4. The zero-order chi connectivity index (χ0) is 20.6. The molecule has 2 heterocycles. The molecular formula is C22H24ClFN4S. The van der Waals surface area contributed by atoms with Gasteiger partial charge in [0.25, 0.3) is 0 Å². The molecule has 2 aromatic heterocycles. The van der Waals surface area contributed by atoms with Crippen molar-refractivity contribution >= 4 is 45.2 Å². The normalized spacial score (nSPS) is 17.1. The quantitative estimate of drug-likeness (QED) is 0.372. The Morgan fingerprint density at radius 2 is 2.21 bits per heavy atom. The Labute approximate surface area is 179 Å². The first-order chi connectivity index (χ1) is 13.9. The number of fused-ring (bicyclic) bond motifs is 3. The van der Waals surface area contributed by atoms with Crippen molar-refractivity contribution in [3.05, 3.63) is 51.4 Å². The summed E-state index contributed by atoms with van der Waals surface area (Å²) < 4.78 is 14.0. The molecule has 1 atom stereocenters. The van der Waals surface area contributed by atoms with Gasteiger partial charge in [0.2, 0.25) is 0 Å². The number of aryl methyl sites for hydroxylation is 1. The third-order valence-electron chi connectivity index (χ3n) is 6.22. The summed E-state index contributed by atoms with van der Waals surface area (Å²) in [6, 6.07) is 4.57. The number of hydrogen-bond donors (Lipinski definition) is 1. The van der Waals surface area contributed by atoms with Crippen molar-refractivity contribution in [2.24, 2.45) is 16.4 Å². The van der Waals surface area contributed by atoms with Crippen LogP contribution in [0.15, 0.2) is 29.6 Å². The van der Waals surface area contributed by atoms with Gasteiger partial charge >= 0.3 is 0 Å². The average molecular weight is 431 g/mol. The molecule has 0 amide bonds. The van der Waals surface area contributed by atoms with E-state index in [9.17, 15) is 4.39 Å². The number of anilines is 1. The highest BCUT2D eigenvalue weighted by atomic mass is 35.5. The van der Waals surface area contributed by atoms with Crippen LogP contribution in [0.3, 0.4) is 0 Å². The zero-order valence-electron chi connectivity index (χ0n) is 16.8. The van der Waals surface area contributed by atoms with E-state index in [1.54, 1.807) is 29.8 Å². The lowest BCUT2D eigenvalue weighted by atomic mass is 9.69. The number of thiophene rings is 1. The van der Waals surface area contributed by atoms with E-state index in [1.165, 1.54) is 29.1 Å². The second-order valence-electron chi connectivity index (χ2n) is 8.19. The van der Waals surface area contributed by atoms with E-state index in [1.807, 2.05) is 0 Å². The van der Waals surface area contributed by atoms with Crippen molar-refractivity contribution in [1.82, 2.24) is 9.97 Å². The summed E-state index contributed by atoms with van der Waals surface area (Å²) >= 11 is 7.82. The minimum atomic E-state index is -0.409. The van der Waals surface area contributed by atoms with Crippen LogP contribution >= 0.6 is 22.9 Å². The van der Waals surface area contributed by atoms with Crippen molar-refractivity contribution in [3.63, 3.8) is 0 Å². The Morgan fingerprint density at radius 3 is 2.97 bits per heavy atom. The van der Waals surface area contributed by atoms with Gasteiger partial charge in [0, 0.05) is 10.4 Å². The summed E-state index contributed by atoms with van der Waals surface area (Å²) in [5, 5.41) is 5.57. The molecular weight excluding hydrogens is 407 g/mol. The van der Waals surface area contributed by atoms with Crippen molar-refractivity contribution in [2.75, 3.05) is 5.43 Å². The molecule has 0 radical (unpaired) electrons. The van der Waals surface area contributed by atoms with Crippen molar-refractivity contribution in [2.45, 2.75) is 46.5 Å². The lowest BCUT2D eigenvalue weighted by Gasteiger charge is -2.36. The van der Waals surface area contributed by atoms with Gasteiger partial charge in [-0.3, -0.25) is 5.43 Å². The predicted octanol–water partition coefficient (Wildman–Crippen LogP) is 6.47. The van der Waals surface area contributed by atoms with Crippen LogP contribution in [0.2, 0.25) is 5.02 Å². The molecule has 0 saturated heterocycles. The van der Waals surface area contributed by atoms with E-state index < -0.39 is 5.82 Å². The van der Waals surface area contributed by atoms with Gasteiger partial charge in [0.15, 0.2) is 5.82 Å². The van der Waals surface area contributed by atoms with Crippen LogP contribution in [-0.4, -0.2) is 16.2 Å². The van der Waals surface area contributed by atoms with Gasteiger partial charge in [-0.2, -0.15) is 5.10 Å². The topological polar surface area (TPSA) is 50.2 Å². The molecule has 4 rings (SSSR count). The highest BCUT2D eigenvalue weighted by molar-refractivity contribution is 7.19. The Balaban J connectivity index is 1.66. The highest BCUT2D eigenvalue weighted by Crippen LogP contribution is 2.45. The predicted molar refractivity (Wildman–Crippen MR) is 120 cm³/mol. The fourth-order valence-corrected chi connectivity index (χ4v) is 5.34. The number of benzene rings is 1. The molecule has 152 valence electrons. The summed E-state index contributed by atoms with van der Waals surface area (Å²) in [7, 11) is 0. The minimum absolute atomic E-state index is 0.254. The molecule has 3 aromatic rings. The van der Waals surface area contributed by atoms with E-state index in [0.717, 1.165) is 29.5 Å². The van der Waals surface area contributed by atoms with Gasteiger partial charge in [-0.05, 0) is 48.3 Å². The van der Waals surface area contributed by atoms with Gasteiger partial charge in [-0.1, -0.05) is 44.9 Å². The third-order valence-corrected chi connectivity index (χ3v) is 7.75. The van der Waals surface area contributed by atoms with Crippen LogP contribution in [0.5, 0.6) is 0 Å². The number of aromatic nitrogens is 2. The first-order valence-electron chi connectivity index (χ1n) is 9.89. The SMILES string of the molecule is CCC(C)(C)C1CCc2sc3ncnc(NN=Cc4c(F)cccc4Cl)c3c2C1. The monoisotopic (exact) mass is 430 g/mol. The maximum Gasteiger partial charge on any atom is 0.158 e. The molecule has 0 spiro atoms. The average Bonchev–Trinajstić information content (AvgIpc) is 3.08. The third kappa shape index (κ3) is 3.88. The summed E-state index contributed by atoms with van der Waals surface area (Å²) in [5.74, 6) is 0.881. The van der Waals surface area contributed by atoms with Gasteiger partial charge in [0.05, 0.1) is 16.6 Å². The Morgan fingerprint density at radius 1 is 1.38 bits per heavy atom. The standard InChI is InChI=1S/C22H24ClFN4S/c1-4-22(2,3)13-8-9-18-14(10-13)19-20(25-12-26-21(19)29-18)28-27-11-15-16(23)6-5-7-17(15)24/h5-7,11-13H,4,8-10H2,1-3H3,(H,25,26,28). The van der Waals surface area contributed by atoms with Crippen LogP contribution in [-0.2, 0) is 12.8 Å². The van der Waals surface area contributed by atoms with Crippen LogP contribution in [0.25, 0.3) is 10.2 Å². The number of hydrazone groups is 1. The van der Waals surface area contributed by atoms with Gasteiger partial charge in [-0.15, -0.1) is 11.3 Å².